The predicted octanol–water partition coefficient (Wildman–Crippen LogP) is 17.6. The van der Waals surface area contributed by atoms with E-state index >= 15 is 0 Å². The van der Waals surface area contributed by atoms with Crippen molar-refractivity contribution in [3.05, 3.63) is 58.4 Å². The number of rotatable bonds is 23. The minimum Gasteiger partial charge on any atom is -0.294 e. The average molecular weight is 1030 g/mol. The van der Waals surface area contributed by atoms with Gasteiger partial charge < -0.3 is 0 Å². The van der Waals surface area contributed by atoms with Crippen molar-refractivity contribution < 1.29 is 9.59 Å². The Kier molecular flexibility index (Phi) is 38.5. The fraction of sp³-hybridized carbons (Fsp3) is 0.741. The molecule has 0 fully saturated rings. The van der Waals surface area contributed by atoms with Crippen molar-refractivity contribution in [3.63, 3.8) is 0 Å². The maximum Gasteiger partial charge on any atom is 0.185 e. The summed E-state index contributed by atoms with van der Waals surface area (Å²) in [4.78, 5) is 43.2. The molecule has 2 unspecified atom stereocenters. The van der Waals surface area contributed by atoms with Gasteiger partial charge in [0.15, 0.2) is 11.6 Å². The monoisotopic (exact) mass is 1020 g/mol. The van der Waals surface area contributed by atoms with Gasteiger partial charge in [-0.05, 0) is 79.0 Å². The Hall–Kier alpha value is -0.920. The number of hydrogen-bond donors (Lipinski definition) is 0. The van der Waals surface area contributed by atoms with Crippen LogP contribution in [-0.4, -0.2) is 74.5 Å². The third kappa shape index (κ3) is 32.1. The highest BCUT2D eigenvalue weighted by atomic mass is 32.2. The number of carbonyl (C=O) groups is 2. The standard InChI is InChI=1S/C20H28N2OS2.C16H26N2OS2.C12H26S2.C4H10.C2H6/c1-12(2)20(23)15-7-8-16-17(9-15)22-19(11-25-14(5)6)18(21-16)10-24-13(3)4;1-10(2)16(19)13-7-17-14(8-20-11(3)4)15(18-13)9-21-12(5)6;1-9(2)13-7-11(5)12(6)8-14-10(3)4;1-4(2)3;1-2/h7-9,12-14H,10-11H2,1-6H3;7,10-12H,8-9H2,1-6H3;9-12H,7-8H2,1-6H3;4H,1-3H3;1-2H3. The van der Waals surface area contributed by atoms with Crippen molar-refractivity contribution in [1.82, 2.24) is 19.9 Å². The van der Waals surface area contributed by atoms with Gasteiger partial charge in [-0.2, -0.15) is 70.6 Å². The molecule has 0 spiro atoms. The van der Waals surface area contributed by atoms with Gasteiger partial charge in [-0.1, -0.05) is 159 Å². The van der Waals surface area contributed by atoms with Crippen molar-refractivity contribution in [2.24, 2.45) is 29.6 Å². The fourth-order valence-corrected chi connectivity index (χ4v) is 9.88. The number of ketones is 2. The lowest BCUT2D eigenvalue weighted by Gasteiger charge is -2.21. The molecule has 0 bridgehead atoms. The number of nitrogens with zero attached hydrogens (tertiary/aromatic N) is 4. The van der Waals surface area contributed by atoms with Gasteiger partial charge >= 0.3 is 0 Å². The Morgan fingerprint density at radius 2 is 0.773 bits per heavy atom. The van der Waals surface area contributed by atoms with Crippen LogP contribution in [0.5, 0.6) is 0 Å². The van der Waals surface area contributed by atoms with Crippen LogP contribution in [-0.2, 0) is 23.0 Å². The van der Waals surface area contributed by atoms with Gasteiger partial charge in [-0.3, -0.25) is 14.6 Å². The van der Waals surface area contributed by atoms with Crippen LogP contribution in [0.1, 0.15) is 203 Å². The molecule has 0 saturated heterocycles. The molecular formula is C54H96N4O2S6. The first-order chi connectivity index (χ1) is 30.7. The Bertz CT molecular complexity index is 1730. The van der Waals surface area contributed by atoms with E-state index in [9.17, 15) is 9.59 Å². The first-order valence-electron chi connectivity index (χ1n) is 24.7. The molecule has 0 radical (unpaired) electrons. The smallest absolute Gasteiger partial charge is 0.185 e. The topological polar surface area (TPSA) is 85.7 Å². The second-order valence-electron chi connectivity index (χ2n) is 19.4. The quantitative estimate of drug-likeness (QED) is 0.0848. The van der Waals surface area contributed by atoms with E-state index in [0.717, 1.165) is 90.6 Å². The van der Waals surface area contributed by atoms with E-state index in [-0.39, 0.29) is 23.4 Å². The lowest BCUT2D eigenvalue weighted by atomic mass is 10.0. The summed E-state index contributed by atoms with van der Waals surface area (Å²) in [7, 11) is 0. The molecule has 0 N–H and O–H groups in total. The Morgan fingerprint density at radius 1 is 0.439 bits per heavy atom. The summed E-state index contributed by atoms with van der Waals surface area (Å²) in [5.74, 6) is 8.76. The zero-order valence-corrected chi connectivity index (χ0v) is 50.9. The minimum atomic E-state index is -0.0409. The first kappa shape index (κ1) is 67.2. The summed E-state index contributed by atoms with van der Waals surface area (Å²) in [5.41, 5.74) is 7.03. The van der Waals surface area contributed by atoms with Crippen LogP contribution in [0.2, 0.25) is 0 Å². The van der Waals surface area contributed by atoms with E-state index in [1.807, 2.05) is 107 Å². The number of benzene rings is 1. The van der Waals surface area contributed by atoms with Gasteiger partial charge in [0, 0.05) is 40.4 Å². The molecule has 3 rings (SSSR count). The van der Waals surface area contributed by atoms with Crippen LogP contribution in [0.4, 0.5) is 0 Å². The molecule has 3 aromatic rings. The van der Waals surface area contributed by atoms with Crippen molar-refractivity contribution in [2.45, 2.75) is 214 Å². The van der Waals surface area contributed by atoms with Crippen LogP contribution in [0.3, 0.4) is 0 Å². The molecule has 0 aliphatic heterocycles. The lowest BCUT2D eigenvalue weighted by Crippen LogP contribution is -2.15. The molecule has 0 saturated carbocycles. The average Bonchev–Trinajstić information content (AvgIpc) is 3.24. The highest BCUT2D eigenvalue weighted by molar-refractivity contribution is 8.00. The summed E-state index contributed by atoms with van der Waals surface area (Å²) in [5, 5.41) is 3.78. The number of aromatic nitrogens is 4. The minimum absolute atomic E-state index is 0.0110. The van der Waals surface area contributed by atoms with Gasteiger partial charge in [0.1, 0.15) is 5.69 Å². The largest absolute Gasteiger partial charge is 0.294 e. The normalized spacial score (nSPS) is 12.3. The van der Waals surface area contributed by atoms with E-state index < -0.39 is 0 Å². The summed E-state index contributed by atoms with van der Waals surface area (Å²) >= 11 is 11.6. The van der Waals surface area contributed by atoms with Gasteiger partial charge in [-0.25, -0.2) is 15.0 Å². The third-order valence-electron chi connectivity index (χ3n) is 8.91. The van der Waals surface area contributed by atoms with Crippen molar-refractivity contribution in [3.8, 4) is 0 Å². The van der Waals surface area contributed by atoms with Crippen molar-refractivity contribution in [2.75, 3.05) is 11.5 Å². The Balaban J connectivity index is 0. The van der Waals surface area contributed by atoms with Crippen LogP contribution < -0.4 is 0 Å². The summed E-state index contributed by atoms with van der Waals surface area (Å²) in [6.07, 6.45) is 1.64. The SMILES string of the molecule is CC.CC(C)C.CC(C)SCC(C)C(C)CSC(C)C.CC(C)SCc1nc2ccc(C(=O)C(C)C)cc2nc1CSC(C)C.CC(C)SCc1ncc(C(=O)C(C)C)nc1CSC(C)C. The molecule has 2 aromatic heterocycles. The third-order valence-corrected chi connectivity index (χ3v) is 16.1. The molecule has 6 nitrogen and oxygen atoms in total. The lowest BCUT2D eigenvalue weighted by molar-refractivity contribution is 0.0929. The second kappa shape index (κ2) is 37.8. The number of hydrogen-bond acceptors (Lipinski definition) is 12. The Labute approximate surface area is 432 Å². The number of thioether (sulfide) groups is 6. The zero-order valence-electron chi connectivity index (χ0n) is 46.0. The van der Waals surface area contributed by atoms with Crippen LogP contribution >= 0.6 is 70.6 Å². The van der Waals surface area contributed by atoms with E-state index in [1.165, 1.54) is 11.5 Å². The second-order valence-corrected chi connectivity index (χ2v) is 28.9. The van der Waals surface area contributed by atoms with Crippen molar-refractivity contribution in [1.29, 1.82) is 0 Å². The van der Waals surface area contributed by atoms with Gasteiger partial charge in [-0.15, -0.1) is 0 Å². The molecule has 0 aliphatic carbocycles. The van der Waals surface area contributed by atoms with E-state index in [4.69, 9.17) is 9.97 Å². The molecule has 0 amide bonds. The highest BCUT2D eigenvalue weighted by Gasteiger charge is 2.18. The molecular weight excluding hydrogens is 929 g/mol. The zero-order chi connectivity index (χ0) is 51.3. The van der Waals surface area contributed by atoms with Gasteiger partial charge in [0.25, 0.3) is 0 Å². The highest BCUT2D eigenvalue weighted by Crippen LogP contribution is 2.27. The molecule has 1 aromatic carbocycles. The molecule has 2 atom stereocenters. The molecule has 380 valence electrons. The van der Waals surface area contributed by atoms with E-state index in [2.05, 4.69) is 151 Å². The molecule has 2 heterocycles. The maximum absolute atomic E-state index is 12.3. The van der Waals surface area contributed by atoms with Crippen LogP contribution in [0.15, 0.2) is 24.4 Å². The number of fused-ring (bicyclic) bond motifs is 1. The van der Waals surface area contributed by atoms with Crippen molar-refractivity contribution >= 4 is 93.2 Å². The number of Topliss-reactive ketones (excluding diaryl/α,β-unsaturated/α-hetero) is 2. The maximum atomic E-state index is 12.3. The summed E-state index contributed by atoms with van der Waals surface area (Å²) < 4.78 is 0. The summed E-state index contributed by atoms with van der Waals surface area (Å²) in [6.45, 7) is 49.5. The Morgan fingerprint density at radius 3 is 1.12 bits per heavy atom. The van der Waals surface area contributed by atoms with Crippen LogP contribution in [0.25, 0.3) is 11.0 Å². The molecule has 0 aliphatic rings. The fourth-order valence-electron chi connectivity index (χ4n) is 4.95. The van der Waals surface area contributed by atoms with Crippen LogP contribution in [0, 0.1) is 29.6 Å². The predicted molar refractivity (Wildman–Crippen MR) is 311 cm³/mol. The molecule has 12 heteroatoms. The van der Waals surface area contributed by atoms with E-state index in [1.54, 1.807) is 6.20 Å². The van der Waals surface area contributed by atoms with Gasteiger partial charge in [0.2, 0.25) is 0 Å². The van der Waals surface area contributed by atoms with E-state index in [0.29, 0.717) is 26.7 Å². The number of carbonyl (C=O) groups excluding carboxylic acids is 2. The summed E-state index contributed by atoms with van der Waals surface area (Å²) in [6, 6.07) is 5.70. The van der Waals surface area contributed by atoms with Gasteiger partial charge in [0.05, 0.1) is 40.0 Å². The molecule has 66 heavy (non-hydrogen) atoms. The first-order valence-corrected chi connectivity index (χ1v) is 31.0.